The van der Waals surface area contributed by atoms with Gasteiger partial charge in [0.1, 0.15) is 5.75 Å². The van der Waals surface area contributed by atoms with Crippen LogP contribution in [0.5, 0.6) is 5.75 Å². The lowest BCUT2D eigenvalue weighted by Gasteiger charge is -2.14. The number of benzene rings is 3. The number of ether oxygens (including phenoxy) is 1. The third-order valence-corrected chi connectivity index (χ3v) is 7.06. The lowest BCUT2D eigenvalue weighted by atomic mass is 10.0. The number of halogens is 2. The van der Waals surface area contributed by atoms with Crippen molar-refractivity contribution in [2.45, 2.75) is 24.8 Å². The molecule has 0 bridgehead atoms. The Labute approximate surface area is 234 Å². The minimum atomic E-state index is -4.15. The fraction of sp³-hybridized carbons (Fsp3) is 0.154. The Morgan fingerprint density at radius 3 is 2.41 bits per heavy atom. The molecule has 0 saturated heterocycles. The van der Waals surface area contributed by atoms with Crippen molar-refractivity contribution in [1.29, 1.82) is 5.26 Å². The number of nitrogens with two attached hydrogens (primary N) is 1. The summed E-state index contributed by atoms with van der Waals surface area (Å²) in [6, 6.07) is 13.3. The third kappa shape index (κ3) is 7.55. The van der Waals surface area contributed by atoms with Crippen molar-refractivity contribution in [3.05, 3.63) is 86.9 Å². The number of sulfonamides is 1. The topological polar surface area (TPSA) is 168 Å². The van der Waals surface area contributed by atoms with Crippen LogP contribution in [-0.4, -0.2) is 38.7 Å². The first kappa shape index (κ1) is 29.6. The first-order valence-electron chi connectivity index (χ1n) is 11.2. The number of ketones is 1. The van der Waals surface area contributed by atoms with Crippen LogP contribution in [0.15, 0.2) is 59.5 Å². The van der Waals surface area contributed by atoms with Crippen LogP contribution in [0, 0.1) is 18.3 Å². The van der Waals surface area contributed by atoms with E-state index in [9.17, 15) is 28.1 Å². The van der Waals surface area contributed by atoms with E-state index in [-0.39, 0.29) is 37.4 Å². The van der Waals surface area contributed by atoms with Gasteiger partial charge in [-0.15, -0.1) is 0 Å². The number of anilines is 1. The molecule has 1 unspecified atom stereocenters. The van der Waals surface area contributed by atoms with E-state index in [0.717, 1.165) is 0 Å². The first-order chi connectivity index (χ1) is 18.3. The van der Waals surface area contributed by atoms with Crippen LogP contribution < -0.4 is 20.5 Å². The molecule has 0 radical (unpaired) electrons. The normalized spacial score (nSPS) is 11.7. The fourth-order valence-corrected chi connectivity index (χ4v) is 4.86. The Kier molecular flexibility index (Phi) is 9.32. The van der Waals surface area contributed by atoms with Crippen LogP contribution in [0.2, 0.25) is 10.0 Å². The molecule has 0 saturated carbocycles. The minimum absolute atomic E-state index is 0.0565. The van der Waals surface area contributed by atoms with Gasteiger partial charge in [0.05, 0.1) is 28.1 Å². The number of amides is 2. The predicted molar refractivity (Wildman–Crippen MR) is 145 cm³/mol. The molecule has 2 amide bonds. The Hall–Kier alpha value is -3.95. The van der Waals surface area contributed by atoms with E-state index in [4.69, 9.17) is 33.7 Å². The minimum Gasteiger partial charge on any atom is -0.483 e. The summed E-state index contributed by atoms with van der Waals surface area (Å²) in [6.07, 6.45) is 0. The van der Waals surface area contributed by atoms with Gasteiger partial charge in [-0.1, -0.05) is 23.2 Å². The largest absolute Gasteiger partial charge is 0.483 e. The van der Waals surface area contributed by atoms with Crippen LogP contribution in [0.4, 0.5) is 5.69 Å². The first-order valence-corrected chi connectivity index (χ1v) is 13.4. The van der Waals surface area contributed by atoms with Gasteiger partial charge < -0.3 is 15.8 Å². The number of carbonyl (C=O) groups excluding carboxylic acids is 3. The molecule has 202 valence electrons. The maximum absolute atomic E-state index is 13.1. The van der Waals surface area contributed by atoms with Crippen molar-refractivity contribution in [3.8, 4) is 11.8 Å². The number of nitrogens with one attached hydrogen (secondary N) is 2. The summed E-state index contributed by atoms with van der Waals surface area (Å²) in [5.74, 6) is -1.90. The maximum Gasteiger partial charge on any atom is 0.264 e. The summed E-state index contributed by atoms with van der Waals surface area (Å²) in [6.45, 7) is 2.42. The molecule has 0 spiro atoms. The van der Waals surface area contributed by atoms with Crippen LogP contribution in [0.1, 0.15) is 34.0 Å². The number of hydrogen-bond donors (Lipinski definition) is 3. The van der Waals surface area contributed by atoms with Gasteiger partial charge in [0.25, 0.3) is 15.9 Å². The third-order valence-electron chi connectivity index (χ3n) is 5.26. The molecule has 39 heavy (non-hydrogen) atoms. The van der Waals surface area contributed by atoms with Gasteiger partial charge in [-0.3, -0.25) is 14.4 Å². The van der Waals surface area contributed by atoms with Crippen LogP contribution in [-0.2, 0) is 19.6 Å². The van der Waals surface area contributed by atoms with E-state index in [0.29, 0.717) is 11.3 Å². The van der Waals surface area contributed by atoms with Gasteiger partial charge >= 0.3 is 0 Å². The average molecular weight is 589 g/mol. The molecule has 4 N–H and O–H groups in total. The van der Waals surface area contributed by atoms with E-state index in [2.05, 4.69) is 5.32 Å². The smallest absolute Gasteiger partial charge is 0.264 e. The van der Waals surface area contributed by atoms with Gasteiger partial charge in [-0.05, 0) is 74.0 Å². The molecule has 0 heterocycles. The molecular formula is C26H22Cl2N4O6S. The zero-order valence-electron chi connectivity index (χ0n) is 20.6. The van der Waals surface area contributed by atoms with Crippen LogP contribution >= 0.6 is 23.2 Å². The second kappa shape index (κ2) is 12.3. The highest BCUT2D eigenvalue weighted by atomic mass is 35.5. The maximum atomic E-state index is 13.1. The molecule has 0 aliphatic heterocycles. The van der Waals surface area contributed by atoms with Crippen LogP contribution in [0.25, 0.3) is 0 Å². The molecule has 1 atom stereocenters. The summed E-state index contributed by atoms with van der Waals surface area (Å²) in [7, 11) is -4.15. The lowest BCUT2D eigenvalue weighted by molar-refractivity contribution is -0.120. The number of carbonyl (C=O) groups is 3. The van der Waals surface area contributed by atoms with Gasteiger partial charge in [0, 0.05) is 21.3 Å². The molecule has 10 nitrogen and oxygen atoms in total. The molecular weight excluding hydrogens is 567 g/mol. The highest BCUT2D eigenvalue weighted by Gasteiger charge is 2.21. The average Bonchev–Trinajstić information content (AvgIpc) is 2.87. The van der Waals surface area contributed by atoms with Crippen molar-refractivity contribution in [1.82, 2.24) is 4.72 Å². The number of nitrogens with zero attached hydrogens (tertiary/aromatic N) is 1. The summed E-state index contributed by atoms with van der Waals surface area (Å²) in [4.78, 5) is 37.3. The van der Waals surface area contributed by atoms with E-state index >= 15 is 0 Å². The molecule has 0 aliphatic carbocycles. The standard InChI is InChI=1S/C26H22Cl2N4O6S/c1-14-7-20(39(36,37)32-26(35)15(2)30)4-5-22(14)31-24(33)13-38-23-6-3-18(27)11-21(23)25(34)17-8-16(12-29)9-19(28)10-17/h3-11,15H,13,30H2,1-2H3,(H,31,33)(H,32,35). The van der Waals surface area contributed by atoms with Crippen LogP contribution in [0.3, 0.4) is 0 Å². The molecule has 3 aromatic rings. The van der Waals surface area contributed by atoms with Crippen molar-refractivity contribution < 1.29 is 27.5 Å². The monoisotopic (exact) mass is 588 g/mol. The lowest BCUT2D eigenvalue weighted by Crippen LogP contribution is -2.41. The number of hydrogen-bond acceptors (Lipinski definition) is 8. The number of rotatable bonds is 9. The fourth-order valence-electron chi connectivity index (χ4n) is 3.30. The van der Waals surface area contributed by atoms with Gasteiger partial charge in [0.15, 0.2) is 12.4 Å². The van der Waals surface area contributed by atoms with Crippen molar-refractivity contribution >= 4 is 56.5 Å². The highest BCUT2D eigenvalue weighted by Crippen LogP contribution is 2.27. The molecule has 0 fully saturated rings. The van der Waals surface area contributed by atoms with Crippen molar-refractivity contribution in [2.75, 3.05) is 11.9 Å². The van der Waals surface area contributed by atoms with Gasteiger partial charge in [0.2, 0.25) is 5.91 Å². The Morgan fingerprint density at radius 2 is 1.77 bits per heavy atom. The second-order valence-corrected chi connectivity index (χ2v) is 10.9. The highest BCUT2D eigenvalue weighted by molar-refractivity contribution is 7.90. The SMILES string of the molecule is Cc1cc(S(=O)(=O)NC(=O)C(C)N)ccc1NC(=O)COc1ccc(Cl)cc1C(=O)c1cc(Cl)cc(C#N)c1. The Morgan fingerprint density at radius 1 is 1.05 bits per heavy atom. The van der Waals surface area contributed by atoms with Gasteiger partial charge in [-0.25, -0.2) is 13.1 Å². The van der Waals surface area contributed by atoms with E-state index < -0.39 is 40.3 Å². The zero-order chi connectivity index (χ0) is 28.9. The summed E-state index contributed by atoms with van der Waals surface area (Å²) >= 11 is 12.1. The predicted octanol–water partition coefficient (Wildman–Crippen LogP) is 3.57. The van der Waals surface area contributed by atoms with E-state index in [1.165, 1.54) is 61.5 Å². The second-order valence-electron chi connectivity index (χ2n) is 8.38. The number of aryl methyl sites for hydroxylation is 1. The number of nitriles is 1. The molecule has 0 aromatic heterocycles. The molecule has 0 aliphatic rings. The van der Waals surface area contributed by atoms with Crippen molar-refractivity contribution in [3.63, 3.8) is 0 Å². The molecule has 3 aromatic carbocycles. The molecule has 13 heteroatoms. The zero-order valence-corrected chi connectivity index (χ0v) is 22.9. The molecule has 3 rings (SSSR count). The summed E-state index contributed by atoms with van der Waals surface area (Å²) < 4.78 is 32.3. The van der Waals surface area contributed by atoms with E-state index in [1.807, 2.05) is 10.8 Å². The van der Waals surface area contributed by atoms with Gasteiger partial charge in [-0.2, -0.15) is 5.26 Å². The summed E-state index contributed by atoms with van der Waals surface area (Å²) in [5.41, 5.74) is 6.49. The summed E-state index contributed by atoms with van der Waals surface area (Å²) in [5, 5.41) is 12.2. The van der Waals surface area contributed by atoms with E-state index in [1.54, 1.807) is 6.92 Å². The van der Waals surface area contributed by atoms with Crippen molar-refractivity contribution in [2.24, 2.45) is 5.73 Å². The Bertz CT molecular complexity index is 1620. The Balaban J connectivity index is 1.74. The quantitative estimate of drug-likeness (QED) is 0.318.